The van der Waals surface area contributed by atoms with Gasteiger partial charge in [-0.1, -0.05) is 20.3 Å². The zero-order valence-corrected chi connectivity index (χ0v) is 14.6. The molecule has 3 rings (SSSR count). The maximum absolute atomic E-state index is 5.79. The molecular formula is C17H30N4O2. The van der Waals surface area contributed by atoms with Crippen LogP contribution in [0.3, 0.4) is 0 Å². The zero-order valence-electron chi connectivity index (χ0n) is 14.6. The molecule has 1 aromatic heterocycles. The first-order chi connectivity index (χ1) is 11.2. The number of methoxy groups -OCH3 is 1. The smallest absolute Gasteiger partial charge is 0.141 e. The third-order valence-electron chi connectivity index (χ3n) is 5.16. The lowest BCUT2D eigenvalue weighted by molar-refractivity contribution is -0.0620. The van der Waals surface area contributed by atoms with Gasteiger partial charge in [-0.15, -0.1) is 0 Å². The molecule has 1 aromatic rings. The van der Waals surface area contributed by atoms with E-state index in [9.17, 15) is 0 Å². The Morgan fingerprint density at radius 3 is 3.04 bits per heavy atom. The van der Waals surface area contributed by atoms with Gasteiger partial charge in [-0.3, -0.25) is 4.90 Å². The Balaban J connectivity index is 1.71. The summed E-state index contributed by atoms with van der Waals surface area (Å²) in [6.07, 6.45) is 5.73. The van der Waals surface area contributed by atoms with Crippen LogP contribution in [0.2, 0.25) is 0 Å². The summed E-state index contributed by atoms with van der Waals surface area (Å²) in [6.45, 7) is 8.78. The van der Waals surface area contributed by atoms with Crippen LogP contribution in [0.1, 0.15) is 38.9 Å². The Hall–Kier alpha value is -0.980. The zero-order chi connectivity index (χ0) is 16.2. The van der Waals surface area contributed by atoms with Crippen LogP contribution in [0.15, 0.2) is 6.33 Å². The Bertz CT molecular complexity index is 491. The minimum absolute atomic E-state index is 0.373. The van der Waals surface area contributed by atoms with Crippen molar-refractivity contribution in [2.24, 2.45) is 11.8 Å². The molecule has 0 radical (unpaired) electrons. The Morgan fingerprint density at radius 1 is 1.39 bits per heavy atom. The normalized spacial score (nSPS) is 29.5. The molecule has 2 aliphatic rings. The summed E-state index contributed by atoms with van der Waals surface area (Å²) in [5.74, 6) is 2.21. The Morgan fingerprint density at radius 2 is 2.26 bits per heavy atom. The van der Waals surface area contributed by atoms with Crippen molar-refractivity contribution in [1.82, 2.24) is 19.7 Å². The maximum atomic E-state index is 5.79. The molecule has 23 heavy (non-hydrogen) atoms. The van der Waals surface area contributed by atoms with Gasteiger partial charge in [-0.2, -0.15) is 5.10 Å². The molecule has 3 atom stereocenters. The van der Waals surface area contributed by atoms with Crippen LogP contribution in [-0.4, -0.2) is 58.7 Å². The summed E-state index contributed by atoms with van der Waals surface area (Å²) in [6, 6.07) is 0.431. The second-order valence-corrected chi connectivity index (χ2v) is 7.23. The van der Waals surface area contributed by atoms with Crippen LogP contribution in [0.5, 0.6) is 0 Å². The lowest BCUT2D eigenvalue weighted by Gasteiger charge is -2.40. The van der Waals surface area contributed by atoms with E-state index in [1.165, 1.54) is 19.3 Å². The minimum atomic E-state index is 0.373. The lowest BCUT2D eigenvalue weighted by Crippen LogP contribution is -2.51. The molecule has 6 nitrogen and oxygen atoms in total. The number of ether oxygens (including phenoxy) is 2. The van der Waals surface area contributed by atoms with Crippen LogP contribution in [0.4, 0.5) is 0 Å². The van der Waals surface area contributed by atoms with Gasteiger partial charge in [-0.25, -0.2) is 9.67 Å². The number of aromatic nitrogens is 3. The van der Waals surface area contributed by atoms with Gasteiger partial charge < -0.3 is 9.47 Å². The molecule has 3 unspecified atom stereocenters. The largest absolute Gasteiger partial charge is 0.381 e. The van der Waals surface area contributed by atoms with Crippen LogP contribution in [0.25, 0.3) is 0 Å². The molecule has 2 fully saturated rings. The van der Waals surface area contributed by atoms with E-state index >= 15 is 0 Å². The van der Waals surface area contributed by atoms with Crippen molar-refractivity contribution < 1.29 is 9.47 Å². The van der Waals surface area contributed by atoms with Crippen LogP contribution in [0, 0.1) is 11.8 Å². The third-order valence-corrected chi connectivity index (χ3v) is 5.16. The quantitative estimate of drug-likeness (QED) is 0.801. The van der Waals surface area contributed by atoms with E-state index in [0.717, 1.165) is 38.7 Å². The average Bonchev–Trinajstić information content (AvgIpc) is 3.17. The SMILES string of the molecule is COC1CCCC1C1COCCN1Cc1ncnn1CC(C)C. The van der Waals surface area contributed by atoms with Crippen molar-refractivity contribution in [3.63, 3.8) is 0 Å². The fourth-order valence-corrected chi connectivity index (χ4v) is 4.03. The number of morpholine rings is 1. The van der Waals surface area contributed by atoms with Crippen molar-refractivity contribution in [3.8, 4) is 0 Å². The molecule has 2 heterocycles. The van der Waals surface area contributed by atoms with Gasteiger partial charge in [-0.05, 0) is 18.8 Å². The molecular weight excluding hydrogens is 292 g/mol. The number of hydrogen-bond donors (Lipinski definition) is 0. The Kier molecular flexibility index (Phi) is 5.67. The molecule has 1 aliphatic carbocycles. The van der Waals surface area contributed by atoms with Crippen molar-refractivity contribution in [2.75, 3.05) is 26.9 Å². The highest BCUT2D eigenvalue weighted by atomic mass is 16.5. The predicted molar refractivity (Wildman–Crippen MR) is 88.0 cm³/mol. The number of hydrogen-bond acceptors (Lipinski definition) is 5. The Labute approximate surface area is 139 Å². The topological polar surface area (TPSA) is 52.4 Å². The summed E-state index contributed by atoms with van der Waals surface area (Å²) < 4.78 is 13.6. The van der Waals surface area contributed by atoms with E-state index in [-0.39, 0.29) is 0 Å². The van der Waals surface area contributed by atoms with Gasteiger partial charge in [0.2, 0.25) is 0 Å². The second kappa shape index (κ2) is 7.73. The maximum Gasteiger partial charge on any atom is 0.141 e. The highest BCUT2D eigenvalue weighted by Gasteiger charge is 2.38. The first-order valence-corrected chi connectivity index (χ1v) is 8.90. The van der Waals surface area contributed by atoms with E-state index in [1.54, 1.807) is 6.33 Å². The van der Waals surface area contributed by atoms with Crippen LogP contribution >= 0.6 is 0 Å². The fraction of sp³-hybridized carbons (Fsp3) is 0.882. The van der Waals surface area contributed by atoms with Gasteiger partial charge in [0.15, 0.2) is 0 Å². The monoisotopic (exact) mass is 322 g/mol. The molecule has 0 amide bonds. The van der Waals surface area contributed by atoms with Gasteiger partial charge in [0, 0.05) is 32.2 Å². The van der Waals surface area contributed by atoms with Gasteiger partial charge >= 0.3 is 0 Å². The molecule has 6 heteroatoms. The van der Waals surface area contributed by atoms with E-state index in [2.05, 4.69) is 33.5 Å². The van der Waals surface area contributed by atoms with E-state index in [1.807, 2.05) is 7.11 Å². The van der Waals surface area contributed by atoms with Gasteiger partial charge in [0.25, 0.3) is 0 Å². The summed E-state index contributed by atoms with van der Waals surface area (Å²) in [5, 5.41) is 4.40. The van der Waals surface area contributed by atoms with Crippen molar-refractivity contribution >= 4 is 0 Å². The summed E-state index contributed by atoms with van der Waals surface area (Å²) in [4.78, 5) is 7.04. The lowest BCUT2D eigenvalue weighted by atomic mass is 9.94. The minimum Gasteiger partial charge on any atom is -0.381 e. The molecule has 0 spiro atoms. The van der Waals surface area contributed by atoms with E-state index in [0.29, 0.717) is 24.0 Å². The second-order valence-electron chi connectivity index (χ2n) is 7.23. The highest BCUT2D eigenvalue weighted by Crippen LogP contribution is 2.34. The van der Waals surface area contributed by atoms with Crippen molar-refractivity contribution in [2.45, 2.75) is 58.3 Å². The molecule has 1 saturated carbocycles. The molecule has 0 aromatic carbocycles. The number of rotatable bonds is 6. The van der Waals surface area contributed by atoms with Crippen molar-refractivity contribution in [3.05, 3.63) is 12.2 Å². The third kappa shape index (κ3) is 3.92. The standard InChI is InChI=1S/C17H30N4O2/c1-13(2)9-21-17(18-12-19-21)10-20-7-8-23-11-15(20)14-5-4-6-16(14)22-3/h12-16H,4-11H2,1-3H3. The molecule has 0 bridgehead atoms. The molecule has 1 saturated heterocycles. The first kappa shape index (κ1) is 16.9. The van der Waals surface area contributed by atoms with E-state index < -0.39 is 0 Å². The summed E-state index contributed by atoms with van der Waals surface area (Å²) >= 11 is 0. The highest BCUT2D eigenvalue weighted by molar-refractivity contribution is 4.94. The summed E-state index contributed by atoms with van der Waals surface area (Å²) in [5.41, 5.74) is 0. The fourth-order valence-electron chi connectivity index (χ4n) is 4.03. The molecule has 130 valence electrons. The summed E-state index contributed by atoms with van der Waals surface area (Å²) in [7, 11) is 1.84. The van der Waals surface area contributed by atoms with E-state index in [4.69, 9.17) is 9.47 Å². The van der Waals surface area contributed by atoms with Crippen LogP contribution in [-0.2, 0) is 22.6 Å². The number of nitrogens with zero attached hydrogens (tertiary/aromatic N) is 4. The van der Waals surface area contributed by atoms with Crippen molar-refractivity contribution in [1.29, 1.82) is 0 Å². The molecule has 1 aliphatic heterocycles. The predicted octanol–water partition coefficient (Wildman–Crippen LogP) is 1.95. The molecule has 0 N–H and O–H groups in total. The average molecular weight is 322 g/mol. The van der Waals surface area contributed by atoms with Crippen LogP contribution < -0.4 is 0 Å². The van der Waals surface area contributed by atoms with Gasteiger partial charge in [0.1, 0.15) is 12.2 Å². The van der Waals surface area contributed by atoms with Gasteiger partial charge in [0.05, 0.1) is 25.9 Å². The first-order valence-electron chi connectivity index (χ1n) is 8.90.